The Morgan fingerprint density at radius 2 is 2.30 bits per heavy atom. The maximum atomic E-state index is 12.4. The number of hydrogen-bond acceptors (Lipinski definition) is 5. The first-order chi connectivity index (χ1) is 9.32. The van der Waals surface area contributed by atoms with Crippen molar-refractivity contribution in [1.29, 1.82) is 0 Å². The Morgan fingerprint density at radius 1 is 1.60 bits per heavy atom. The smallest absolute Gasteiger partial charge is 0.345 e. The molecule has 20 heavy (non-hydrogen) atoms. The Balaban J connectivity index is 2.14. The highest BCUT2D eigenvalue weighted by Gasteiger charge is 2.29. The maximum absolute atomic E-state index is 12.4. The van der Waals surface area contributed by atoms with Crippen LogP contribution in [-0.4, -0.2) is 61.9 Å². The highest BCUT2D eigenvalue weighted by molar-refractivity contribution is 7.89. The van der Waals surface area contributed by atoms with Crippen LogP contribution in [0.1, 0.15) is 22.5 Å². The maximum Gasteiger partial charge on any atom is 0.345 e. The number of carboxylic acid groups (broad SMARTS) is 1. The molecule has 0 amide bonds. The third-order valence-corrected chi connectivity index (χ3v) is 6.50. The van der Waals surface area contributed by atoms with Gasteiger partial charge in [-0.1, -0.05) is 0 Å². The zero-order valence-electron chi connectivity index (χ0n) is 11.4. The lowest BCUT2D eigenvalue weighted by Crippen LogP contribution is -2.39. The highest BCUT2D eigenvalue weighted by Crippen LogP contribution is 2.24. The number of nitrogens with zero attached hydrogens (tertiary/aromatic N) is 2. The van der Waals surface area contributed by atoms with Crippen LogP contribution >= 0.6 is 11.3 Å². The van der Waals surface area contributed by atoms with Crippen molar-refractivity contribution < 1.29 is 18.3 Å². The predicted octanol–water partition coefficient (Wildman–Crippen LogP) is 1.16. The van der Waals surface area contributed by atoms with E-state index in [2.05, 4.69) is 4.90 Å². The summed E-state index contributed by atoms with van der Waals surface area (Å²) in [6, 6.07) is 1.45. The molecule has 1 N–H and O–H groups in total. The van der Waals surface area contributed by atoms with E-state index >= 15 is 0 Å². The molecular weight excluding hydrogens is 300 g/mol. The van der Waals surface area contributed by atoms with Crippen LogP contribution in [-0.2, 0) is 10.0 Å². The molecule has 1 fully saturated rings. The zero-order valence-corrected chi connectivity index (χ0v) is 13.1. The molecule has 8 heteroatoms. The Morgan fingerprint density at radius 3 is 2.80 bits per heavy atom. The van der Waals surface area contributed by atoms with Crippen LogP contribution in [0.15, 0.2) is 16.3 Å². The van der Waals surface area contributed by atoms with E-state index in [-0.39, 0.29) is 15.8 Å². The Kier molecular flexibility index (Phi) is 4.48. The number of thiophene rings is 1. The standard InChI is InChI=1S/C12H18N2O4S2/c1-13-5-3-4-9(13)7-14(2)20(17,18)10-6-11(12(15)16)19-8-10/h6,8-9H,3-5,7H2,1-2H3,(H,15,16). The van der Waals surface area contributed by atoms with E-state index in [0.29, 0.717) is 6.54 Å². The van der Waals surface area contributed by atoms with Crippen LogP contribution in [0.2, 0.25) is 0 Å². The molecule has 1 saturated heterocycles. The molecule has 0 bridgehead atoms. The topological polar surface area (TPSA) is 77.9 Å². The average molecular weight is 318 g/mol. The molecule has 1 aliphatic heterocycles. The Hall–Kier alpha value is -0.960. The fourth-order valence-corrected chi connectivity index (χ4v) is 4.66. The summed E-state index contributed by atoms with van der Waals surface area (Å²) in [6.07, 6.45) is 2.07. The molecule has 0 spiro atoms. The largest absolute Gasteiger partial charge is 0.477 e. The Bertz CT molecular complexity index is 596. The molecule has 2 rings (SSSR count). The van der Waals surface area contributed by atoms with Gasteiger partial charge < -0.3 is 10.0 Å². The molecule has 1 aliphatic rings. The van der Waals surface area contributed by atoms with Crippen LogP contribution in [0.4, 0.5) is 0 Å². The fourth-order valence-electron chi connectivity index (χ4n) is 2.35. The number of carbonyl (C=O) groups is 1. The molecule has 0 aliphatic carbocycles. The van der Waals surface area contributed by atoms with Gasteiger partial charge in [-0.15, -0.1) is 11.3 Å². The summed E-state index contributed by atoms with van der Waals surface area (Å²) in [4.78, 5) is 13.1. The minimum Gasteiger partial charge on any atom is -0.477 e. The third-order valence-electron chi connectivity index (χ3n) is 3.63. The second kappa shape index (κ2) is 5.80. The molecule has 2 heterocycles. The molecule has 0 aromatic carbocycles. The lowest BCUT2D eigenvalue weighted by molar-refractivity contribution is 0.0702. The molecule has 0 saturated carbocycles. The lowest BCUT2D eigenvalue weighted by atomic mass is 10.2. The second-order valence-corrected chi connectivity index (χ2v) is 7.97. The molecule has 1 atom stereocenters. The van der Waals surface area contributed by atoms with Gasteiger partial charge in [-0.05, 0) is 32.5 Å². The summed E-state index contributed by atoms with van der Waals surface area (Å²) in [6.45, 7) is 1.41. The molecule has 1 aromatic heterocycles. The molecule has 112 valence electrons. The van der Waals surface area contributed by atoms with Crippen molar-refractivity contribution in [2.75, 3.05) is 27.2 Å². The van der Waals surface area contributed by atoms with Crippen molar-refractivity contribution >= 4 is 27.3 Å². The van der Waals surface area contributed by atoms with Crippen molar-refractivity contribution in [2.24, 2.45) is 0 Å². The van der Waals surface area contributed by atoms with E-state index in [4.69, 9.17) is 5.11 Å². The van der Waals surface area contributed by atoms with Gasteiger partial charge in [-0.25, -0.2) is 13.2 Å². The summed E-state index contributed by atoms with van der Waals surface area (Å²) >= 11 is 0.929. The summed E-state index contributed by atoms with van der Waals surface area (Å²) in [5.41, 5.74) is 0. The summed E-state index contributed by atoms with van der Waals surface area (Å²) in [7, 11) is -0.0762. The van der Waals surface area contributed by atoms with E-state index in [1.54, 1.807) is 7.05 Å². The van der Waals surface area contributed by atoms with Crippen LogP contribution in [0.3, 0.4) is 0 Å². The molecule has 1 aromatic rings. The lowest BCUT2D eigenvalue weighted by Gasteiger charge is -2.25. The minimum absolute atomic E-state index is 0.0370. The second-order valence-electron chi connectivity index (χ2n) is 5.01. The monoisotopic (exact) mass is 318 g/mol. The van der Waals surface area contributed by atoms with Gasteiger partial charge in [-0.3, -0.25) is 0 Å². The van der Waals surface area contributed by atoms with Crippen LogP contribution in [0, 0.1) is 0 Å². The van der Waals surface area contributed by atoms with E-state index in [1.807, 2.05) is 7.05 Å². The summed E-state index contributed by atoms with van der Waals surface area (Å²) in [5.74, 6) is -1.10. The zero-order chi connectivity index (χ0) is 14.9. The first kappa shape index (κ1) is 15.4. The summed E-state index contributed by atoms with van der Waals surface area (Å²) in [5, 5.41) is 10.2. The molecule has 0 radical (unpaired) electrons. The van der Waals surface area contributed by atoms with Crippen LogP contribution < -0.4 is 0 Å². The average Bonchev–Trinajstić information content (AvgIpc) is 2.99. The number of sulfonamides is 1. The van der Waals surface area contributed by atoms with Gasteiger partial charge in [0.1, 0.15) is 4.88 Å². The number of likely N-dealkylation sites (N-methyl/N-ethyl adjacent to an activating group) is 2. The van der Waals surface area contributed by atoms with Gasteiger partial charge in [0.15, 0.2) is 0 Å². The molecular formula is C12H18N2O4S2. The van der Waals surface area contributed by atoms with Crippen molar-refractivity contribution in [1.82, 2.24) is 9.21 Å². The fraction of sp³-hybridized carbons (Fsp3) is 0.583. The minimum atomic E-state index is -3.61. The van der Waals surface area contributed by atoms with Crippen molar-refractivity contribution in [3.05, 3.63) is 16.3 Å². The number of likely N-dealkylation sites (tertiary alicyclic amines) is 1. The SMILES string of the molecule is CN1CCCC1CN(C)S(=O)(=O)c1csc(C(=O)O)c1. The number of rotatable bonds is 5. The Labute approximate surface area is 122 Å². The van der Waals surface area contributed by atoms with Gasteiger partial charge in [0.05, 0.1) is 4.90 Å². The van der Waals surface area contributed by atoms with Crippen molar-refractivity contribution in [3.8, 4) is 0 Å². The van der Waals surface area contributed by atoms with E-state index < -0.39 is 16.0 Å². The van der Waals surface area contributed by atoms with Crippen LogP contribution in [0.5, 0.6) is 0 Å². The van der Waals surface area contributed by atoms with Crippen molar-refractivity contribution in [2.45, 2.75) is 23.8 Å². The van der Waals surface area contributed by atoms with Gasteiger partial charge in [-0.2, -0.15) is 4.31 Å². The summed E-state index contributed by atoms with van der Waals surface area (Å²) < 4.78 is 26.1. The van der Waals surface area contributed by atoms with Gasteiger partial charge in [0, 0.05) is 25.0 Å². The van der Waals surface area contributed by atoms with Gasteiger partial charge >= 0.3 is 5.97 Å². The molecule has 6 nitrogen and oxygen atoms in total. The van der Waals surface area contributed by atoms with E-state index in [9.17, 15) is 13.2 Å². The first-order valence-corrected chi connectivity index (χ1v) is 8.62. The first-order valence-electron chi connectivity index (χ1n) is 6.31. The van der Waals surface area contributed by atoms with Gasteiger partial charge in [0.25, 0.3) is 0 Å². The van der Waals surface area contributed by atoms with Crippen LogP contribution in [0.25, 0.3) is 0 Å². The number of carboxylic acids is 1. The highest BCUT2D eigenvalue weighted by atomic mass is 32.2. The predicted molar refractivity (Wildman–Crippen MR) is 76.7 cm³/mol. The van der Waals surface area contributed by atoms with Crippen molar-refractivity contribution in [3.63, 3.8) is 0 Å². The van der Waals surface area contributed by atoms with Gasteiger partial charge in [0.2, 0.25) is 10.0 Å². The number of hydrogen-bond donors (Lipinski definition) is 1. The third kappa shape index (κ3) is 3.03. The quantitative estimate of drug-likeness (QED) is 0.881. The number of aromatic carboxylic acids is 1. The van der Waals surface area contributed by atoms with E-state index in [1.165, 1.54) is 15.8 Å². The normalized spacial score (nSPS) is 20.6. The van der Waals surface area contributed by atoms with E-state index in [0.717, 1.165) is 30.7 Å². The molecule has 1 unspecified atom stereocenters.